The van der Waals surface area contributed by atoms with Crippen LogP contribution < -0.4 is 5.32 Å². The van der Waals surface area contributed by atoms with E-state index in [0.29, 0.717) is 6.61 Å². The van der Waals surface area contributed by atoms with Crippen molar-refractivity contribution in [2.75, 3.05) is 6.61 Å². The van der Waals surface area contributed by atoms with Crippen LogP contribution in [0.1, 0.15) is 24.3 Å². The average molecular weight is 399 g/mol. The van der Waals surface area contributed by atoms with Crippen LogP contribution in [0.15, 0.2) is 60.7 Å². The van der Waals surface area contributed by atoms with Crippen LogP contribution in [0.5, 0.6) is 0 Å². The Morgan fingerprint density at radius 1 is 1.10 bits per heavy atom. The summed E-state index contributed by atoms with van der Waals surface area (Å²) in [6, 6.07) is 18.4. The van der Waals surface area contributed by atoms with E-state index < -0.39 is 36.9 Å². The standard InChI is InChI=1S/C22H25NO6/c1-14(24)23-18-19(25)20-17(13-27-21(29-20)16-10-6-3-7-11-16)28-22(18)26-12-15-8-4-2-5-9-15/h2-11,17-22,25H,12-13H2,1H3,(H,23,24)/t17-,18-,19+,20-,21-,22+/m1/s1. The molecule has 0 saturated carbocycles. The van der Waals surface area contributed by atoms with Gasteiger partial charge in [0, 0.05) is 12.5 Å². The van der Waals surface area contributed by atoms with Crippen molar-refractivity contribution >= 4 is 5.91 Å². The molecule has 29 heavy (non-hydrogen) atoms. The van der Waals surface area contributed by atoms with Gasteiger partial charge in [-0.25, -0.2) is 0 Å². The summed E-state index contributed by atoms with van der Waals surface area (Å²) in [6.45, 7) is 1.93. The van der Waals surface area contributed by atoms with E-state index in [1.165, 1.54) is 6.92 Å². The van der Waals surface area contributed by atoms with E-state index in [1.54, 1.807) is 0 Å². The first kappa shape index (κ1) is 20.0. The van der Waals surface area contributed by atoms with Gasteiger partial charge in [0.15, 0.2) is 12.6 Å². The lowest BCUT2D eigenvalue weighted by atomic mass is 9.95. The third-order valence-corrected chi connectivity index (χ3v) is 5.06. The van der Waals surface area contributed by atoms with E-state index in [9.17, 15) is 9.90 Å². The highest BCUT2D eigenvalue weighted by Crippen LogP contribution is 2.34. The van der Waals surface area contributed by atoms with Gasteiger partial charge in [-0.3, -0.25) is 4.79 Å². The van der Waals surface area contributed by atoms with Crippen molar-refractivity contribution in [1.29, 1.82) is 0 Å². The zero-order valence-corrected chi connectivity index (χ0v) is 16.1. The topological polar surface area (TPSA) is 86.3 Å². The SMILES string of the molecule is CC(=O)N[C@H]1[C@@H](OCc2ccccc2)O[C@@H]2CO[C@@H](c3ccccc3)O[C@H]2[C@H]1O. The molecule has 0 bridgehead atoms. The molecule has 2 saturated heterocycles. The first-order chi connectivity index (χ1) is 14.1. The van der Waals surface area contributed by atoms with Crippen LogP contribution in [0.2, 0.25) is 0 Å². The second kappa shape index (κ2) is 9.02. The predicted octanol–water partition coefficient (Wildman–Crippen LogP) is 1.91. The van der Waals surface area contributed by atoms with E-state index in [4.69, 9.17) is 18.9 Å². The number of aliphatic hydroxyl groups is 1. The van der Waals surface area contributed by atoms with Crippen LogP contribution >= 0.6 is 0 Å². The zero-order chi connectivity index (χ0) is 20.2. The minimum absolute atomic E-state index is 0.249. The quantitative estimate of drug-likeness (QED) is 0.799. The molecule has 1 amide bonds. The number of hydrogen-bond acceptors (Lipinski definition) is 6. The van der Waals surface area contributed by atoms with Crippen LogP contribution in [0, 0.1) is 0 Å². The van der Waals surface area contributed by atoms with Crippen LogP contribution in [-0.2, 0) is 30.3 Å². The second-order valence-electron chi connectivity index (χ2n) is 7.23. The molecule has 0 aromatic heterocycles. The van der Waals surface area contributed by atoms with Crippen molar-refractivity contribution in [3.63, 3.8) is 0 Å². The minimum Gasteiger partial charge on any atom is -0.388 e. The van der Waals surface area contributed by atoms with Gasteiger partial charge in [0.2, 0.25) is 5.91 Å². The van der Waals surface area contributed by atoms with E-state index in [0.717, 1.165) is 11.1 Å². The van der Waals surface area contributed by atoms with Crippen molar-refractivity contribution in [2.45, 2.75) is 50.5 Å². The maximum absolute atomic E-state index is 11.7. The van der Waals surface area contributed by atoms with Gasteiger partial charge in [-0.2, -0.15) is 0 Å². The fourth-order valence-corrected chi connectivity index (χ4v) is 3.65. The summed E-state index contributed by atoms with van der Waals surface area (Å²) >= 11 is 0. The number of carbonyl (C=O) groups excluding carboxylic acids is 1. The first-order valence-corrected chi connectivity index (χ1v) is 9.70. The maximum atomic E-state index is 11.7. The maximum Gasteiger partial charge on any atom is 0.217 e. The molecule has 4 rings (SSSR count). The molecular formula is C22H25NO6. The van der Waals surface area contributed by atoms with Crippen LogP contribution in [0.25, 0.3) is 0 Å². The molecule has 0 spiro atoms. The Kier molecular flexibility index (Phi) is 6.22. The lowest BCUT2D eigenvalue weighted by Crippen LogP contribution is -2.66. The van der Waals surface area contributed by atoms with Crippen LogP contribution in [-0.4, -0.2) is 48.3 Å². The second-order valence-corrected chi connectivity index (χ2v) is 7.23. The van der Waals surface area contributed by atoms with Gasteiger partial charge in [0.25, 0.3) is 0 Å². The summed E-state index contributed by atoms with van der Waals surface area (Å²) in [5.74, 6) is -0.281. The molecule has 2 heterocycles. The monoisotopic (exact) mass is 399 g/mol. The molecule has 7 heteroatoms. The Labute approximate surface area is 169 Å². The van der Waals surface area contributed by atoms with E-state index in [-0.39, 0.29) is 12.5 Å². The zero-order valence-electron chi connectivity index (χ0n) is 16.1. The Hall–Kier alpha value is -2.29. The lowest BCUT2D eigenvalue weighted by molar-refractivity contribution is -0.345. The number of ether oxygens (including phenoxy) is 4. The normalized spacial score (nSPS) is 31.7. The molecule has 0 aliphatic carbocycles. The van der Waals surface area contributed by atoms with Gasteiger partial charge < -0.3 is 29.4 Å². The largest absolute Gasteiger partial charge is 0.388 e. The fraction of sp³-hybridized carbons (Fsp3) is 0.409. The number of nitrogens with one attached hydrogen (secondary N) is 1. The molecular weight excluding hydrogens is 374 g/mol. The van der Waals surface area contributed by atoms with Gasteiger partial charge in [-0.1, -0.05) is 60.7 Å². The first-order valence-electron chi connectivity index (χ1n) is 9.70. The predicted molar refractivity (Wildman–Crippen MR) is 104 cm³/mol. The summed E-state index contributed by atoms with van der Waals surface area (Å²) in [5, 5.41) is 13.7. The van der Waals surface area contributed by atoms with Crippen molar-refractivity contribution < 1.29 is 28.8 Å². The number of aliphatic hydroxyl groups excluding tert-OH is 1. The molecule has 6 atom stereocenters. The highest BCUT2D eigenvalue weighted by molar-refractivity contribution is 5.73. The molecule has 2 N–H and O–H groups in total. The van der Waals surface area contributed by atoms with Gasteiger partial charge in [0.05, 0.1) is 13.2 Å². The van der Waals surface area contributed by atoms with Crippen molar-refractivity contribution in [2.24, 2.45) is 0 Å². The van der Waals surface area contributed by atoms with E-state index >= 15 is 0 Å². The number of rotatable bonds is 5. The number of carbonyl (C=O) groups is 1. The minimum atomic E-state index is -1.01. The average Bonchev–Trinajstić information content (AvgIpc) is 2.75. The lowest BCUT2D eigenvalue weighted by Gasteiger charge is -2.47. The van der Waals surface area contributed by atoms with Crippen molar-refractivity contribution in [1.82, 2.24) is 5.32 Å². The Bertz CT molecular complexity index is 801. The fourth-order valence-electron chi connectivity index (χ4n) is 3.65. The van der Waals surface area contributed by atoms with Gasteiger partial charge >= 0.3 is 0 Å². The van der Waals surface area contributed by atoms with Crippen LogP contribution in [0.3, 0.4) is 0 Å². The van der Waals surface area contributed by atoms with E-state index in [1.807, 2.05) is 60.7 Å². The molecule has 7 nitrogen and oxygen atoms in total. The third-order valence-electron chi connectivity index (χ3n) is 5.06. The molecule has 2 aliphatic rings. The molecule has 2 fully saturated rings. The molecule has 2 aromatic carbocycles. The summed E-state index contributed by atoms with van der Waals surface area (Å²) in [7, 11) is 0. The molecule has 0 unspecified atom stereocenters. The molecule has 0 radical (unpaired) electrons. The number of amides is 1. The third kappa shape index (κ3) is 4.66. The number of benzene rings is 2. The van der Waals surface area contributed by atoms with Gasteiger partial charge in [-0.15, -0.1) is 0 Å². The smallest absolute Gasteiger partial charge is 0.217 e. The molecule has 2 aliphatic heterocycles. The highest BCUT2D eigenvalue weighted by atomic mass is 16.7. The Morgan fingerprint density at radius 2 is 1.79 bits per heavy atom. The van der Waals surface area contributed by atoms with Gasteiger partial charge in [-0.05, 0) is 5.56 Å². The Morgan fingerprint density at radius 3 is 2.48 bits per heavy atom. The number of hydrogen-bond donors (Lipinski definition) is 2. The van der Waals surface area contributed by atoms with E-state index in [2.05, 4.69) is 5.32 Å². The summed E-state index contributed by atoms with van der Waals surface area (Å²) in [4.78, 5) is 11.7. The summed E-state index contributed by atoms with van der Waals surface area (Å²) in [5.41, 5.74) is 1.83. The molecule has 2 aromatic rings. The van der Waals surface area contributed by atoms with Crippen molar-refractivity contribution in [3.05, 3.63) is 71.8 Å². The van der Waals surface area contributed by atoms with Crippen molar-refractivity contribution in [3.8, 4) is 0 Å². The van der Waals surface area contributed by atoms with Gasteiger partial charge in [0.1, 0.15) is 24.4 Å². The number of fused-ring (bicyclic) bond motifs is 1. The Balaban J connectivity index is 1.48. The molecule has 154 valence electrons. The summed E-state index contributed by atoms with van der Waals surface area (Å²) < 4.78 is 23.8. The highest BCUT2D eigenvalue weighted by Gasteiger charge is 2.50. The van der Waals surface area contributed by atoms with Crippen LogP contribution in [0.4, 0.5) is 0 Å². The summed E-state index contributed by atoms with van der Waals surface area (Å²) in [6.07, 6.45) is -3.59.